The van der Waals surface area contributed by atoms with E-state index in [1.165, 1.54) is 16.5 Å². The van der Waals surface area contributed by atoms with Crippen LogP contribution in [0.3, 0.4) is 0 Å². The zero-order chi connectivity index (χ0) is 30.1. The summed E-state index contributed by atoms with van der Waals surface area (Å²) in [5.74, 6) is 0. The van der Waals surface area contributed by atoms with Crippen molar-refractivity contribution < 1.29 is 9.53 Å². The first-order chi connectivity index (χ1) is 19.2. The van der Waals surface area contributed by atoms with Crippen molar-refractivity contribution >= 4 is 25.2 Å². The van der Waals surface area contributed by atoms with Crippen LogP contribution in [0.2, 0.25) is 16.6 Å². The van der Waals surface area contributed by atoms with Crippen molar-refractivity contribution in [1.82, 2.24) is 24.5 Å². The summed E-state index contributed by atoms with van der Waals surface area (Å²) < 4.78 is 10.0. The third kappa shape index (κ3) is 6.27. The summed E-state index contributed by atoms with van der Waals surface area (Å²) in [6.45, 7) is 22.0. The van der Waals surface area contributed by atoms with Gasteiger partial charge in [-0.3, -0.25) is 0 Å². The van der Waals surface area contributed by atoms with E-state index < -0.39 is 13.8 Å². The minimum absolute atomic E-state index is 0.0828. The van der Waals surface area contributed by atoms with Crippen LogP contribution in [0.5, 0.6) is 0 Å². The number of ether oxygens (including phenoxy) is 1. The fraction of sp³-hybridized carbons (Fsp3) is 0.485. The highest BCUT2D eigenvalue weighted by Gasteiger charge is 2.46. The molecule has 8 heteroatoms. The largest absolute Gasteiger partial charge is 0.444 e. The Balaban J connectivity index is 1.81. The molecule has 0 aliphatic heterocycles. The minimum Gasteiger partial charge on any atom is -0.444 e. The summed E-state index contributed by atoms with van der Waals surface area (Å²) in [6.07, 6.45) is 4.70. The molecule has 0 aliphatic carbocycles. The van der Waals surface area contributed by atoms with Gasteiger partial charge in [0.1, 0.15) is 11.3 Å². The van der Waals surface area contributed by atoms with Crippen LogP contribution in [-0.4, -0.2) is 45.2 Å². The number of aromatic nitrogens is 4. The molecule has 7 nitrogen and oxygen atoms in total. The van der Waals surface area contributed by atoms with Crippen LogP contribution in [0.4, 0.5) is 4.79 Å². The summed E-state index contributed by atoms with van der Waals surface area (Å²) in [6, 6.07) is 16.7. The number of amides is 1. The maximum absolute atomic E-state index is 12.5. The third-order valence-corrected chi connectivity index (χ3v) is 14.9. The molecule has 220 valence electrons. The fourth-order valence-corrected chi connectivity index (χ4v) is 13.4. The predicted octanol–water partition coefficient (Wildman–Crippen LogP) is 8.37. The molecule has 0 spiro atoms. The van der Waals surface area contributed by atoms with Gasteiger partial charge in [0.05, 0.1) is 11.9 Å². The van der Waals surface area contributed by atoms with E-state index in [0.29, 0.717) is 23.0 Å². The third-order valence-electron chi connectivity index (χ3n) is 8.18. The summed E-state index contributed by atoms with van der Waals surface area (Å²) in [5, 5.41) is 13.2. The number of carbonyl (C=O) groups excluding carboxylic acids is 1. The lowest BCUT2D eigenvalue weighted by atomic mass is 10.1. The number of alkyl carbamates (subject to hydrolysis) is 1. The Kier molecular flexibility index (Phi) is 8.83. The molecule has 1 amide bonds. The normalized spacial score (nSPS) is 13.4. The number of carbonyl (C=O) groups is 1. The Bertz CT molecular complexity index is 1460. The molecule has 1 atom stereocenters. The van der Waals surface area contributed by atoms with E-state index in [1.807, 2.05) is 56.8 Å². The zero-order valence-electron chi connectivity index (χ0n) is 26.4. The van der Waals surface area contributed by atoms with Crippen molar-refractivity contribution in [3.8, 4) is 16.9 Å². The molecular formula is C33H47N5O2Si. The van der Waals surface area contributed by atoms with Gasteiger partial charge in [-0.25, -0.2) is 9.48 Å². The SMILES string of the molecule is CC(C)[Si](C(C)C)(C(C)C)n1cc(C[C@@H](C)NC(=O)OC(C)(C)C)c2ccc(-n3cc(-c4ccccc4)nn3)cc21. The molecule has 4 aromatic rings. The maximum Gasteiger partial charge on any atom is 0.407 e. The van der Waals surface area contributed by atoms with Crippen molar-refractivity contribution in [2.75, 3.05) is 0 Å². The van der Waals surface area contributed by atoms with Gasteiger partial charge >= 0.3 is 6.09 Å². The Hall–Kier alpha value is -3.39. The van der Waals surface area contributed by atoms with Crippen molar-refractivity contribution in [2.45, 2.75) is 104 Å². The molecule has 0 bridgehead atoms. The van der Waals surface area contributed by atoms with Crippen molar-refractivity contribution in [2.24, 2.45) is 0 Å². The molecule has 41 heavy (non-hydrogen) atoms. The van der Waals surface area contributed by atoms with Crippen LogP contribution in [-0.2, 0) is 11.2 Å². The average molecular weight is 574 g/mol. The quantitative estimate of drug-likeness (QED) is 0.204. The van der Waals surface area contributed by atoms with Gasteiger partial charge in [-0.1, -0.05) is 83.2 Å². The smallest absolute Gasteiger partial charge is 0.407 e. The second kappa shape index (κ2) is 11.8. The number of hydrogen-bond acceptors (Lipinski definition) is 4. The molecule has 4 rings (SSSR count). The predicted molar refractivity (Wildman–Crippen MR) is 171 cm³/mol. The molecule has 0 fully saturated rings. The van der Waals surface area contributed by atoms with E-state index >= 15 is 0 Å². The highest BCUT2D eigenvalue weighted by atomic mass is 28.3. The van der Waals surface area contributed by atoms with Gasteiger partial charge in [0.15, 0.2) is 8.24 Å². The number of nitrogens with one attached hydrogen (secondary N) is 1. The van der Waals surface area contributed by atoms with Gasteiger partial charge in [0.25, 0.3) is 0 Å². The number of benzene rings is 2. The van der Waals surface area contributed by atoms with Gasteiger partial charge in [0, 0.05) is 22.5 Å². The van der Waals surface area contributed by atoms with Crippen LogP contribution < -0.4 is 5.32 Å². The molecule has 2 aromatic heterocycles. The zero-order valence-corrected chi connectivity index (χ0v) is 27.4. The van der Waals surface area contributed by atoms with Gasteiger partial charge in [0.2, 0.25) is 0 Å². The molecule has 1 N–H and O–H groups in total. The molecule has 0 radical (unpaired) electrons. The van der Waals surface area contributed by atoms with Crippen LogP contribution in [0, 0.1) is 0 Å². The van der Waals surface area contributed by atoms with E-state index in [-0.39, 0.29) is 12.1 Å². The summed E-state index contributed by atoms with van der Waals surface area (Å²) in [7, 11) is -2.07. The Morgan fingerprint density at radius 2 is 1.56 bits per heavy atom. The summed E-state index contributed by atoms with van der Waals surface area (Å²) >= 11 is 0. The molecular weight excluding hydrogens is 526 g/mol. The van der Waals surface area contributed by atoms with E-state index in [1.54, 1.807) is 0 Å². The Morgan fingerprint density at radius 3 is 2.15 bits per heavy atom. The second-order valence-electron chi connectivity index (χ2n) is 13.2. The number of rotatable bonds is 9. The van der Waals surface area contributed by atoms with Crippen LogP contribution in [0.1, 0.15) is 74.8 Å². The number of hydrogen-bond donors (Lipinski definition) is 1. The first-order valence-corrected chi connectivity index (χ1v) is 17.0. The van der Waals surface area contributed by atoms with Gasteiger partial charge < -0.3 is 14.3 Å². The van der Waals surface area contributed by atoms with Crippen molar-refractivity contribution in [3.63, 3.8) is 0 Å². The van der Waals surface area contributed by atoms with E-state index in [9.17, 15) is 4.79 Å². The molecule has 0 unspecified atom stereocenters. The Morgan fingerprint density at radius 1 is 0.927 bits per heavy atom. The van der Waals surface area contributed by atoms with Gasteiger partial charge in [-0.2, -0.15) is 0 Å². The number of nitrogens with zero attached hydrogens (tertiary/aromatic N) is 4. The van der Waals surface area contributed by atoms with Gasteiger partial charge in [-0.05, 0) is 74.6 Å². The maximum atomic E-state index is 12.5. The lowest BCUT2D eigenvalue weighted by molar-refractivity contribution is 0.0508. The summed E-state index contributed by atoms with van der Waals surface area (Å²) in [5.41, 5.74) is 6.39. The highest BCUT2D eigenvalue weighted by Crippen LogP contribution is 2.45. The molecule has 2 heterocycles. The monoisotopic (exact) mass is 573 g/mol. The van der Waals surface area contributed by atoms with Crippen molar-refractivity contribution in [3.05, 3.63) is 66.5 Å². The molecule has 0 aliphatic rings. The second-order valence-corrected chi connectivity index (χ2v) is 19.0. The topological polar surface area (TPSA) is 74.0 Å². The molecule has 0 saturated heterocycles. The van der Waals surface area contributed by atoms with E-state index in [4.69, 9.17) is 4.74 Å². The standard InChI is InChI=1S/C33H47N5O2Si/c1-22(2)41(23(3)4,24(5)6)38-20-27(18-25(7)34-32(39)40-33(8,9)10)29-17-16-28(19-31(29)38)37-21-30(35-36-37)26-14-12-11-13-15-26/h11-17,19-25H,18H2,1-10H3,(H,34,39)/t25-/m1/s1. The minimum atomic E-state index is -2.07. The van der Waals surface area contributed by atoms with E-state index in [0.717, 1.165) is 16.9 Å². The lowest BCUT2D eigenvalue weighted by Crippen LogP contribution is -2.51. The van der Waals surface area contributed by atoms with E-state index in [2.05, 4.69) is 97.9 Å². The van der Waals surface area contributed by atoms with Crippen LogP contribution in [0.25, 0.3) is 27.8 Å². The molecule has 2 aromatic carbocycles. The first kappa shape index (κ1) is 30.6. The highest BCUT2D eigenvalue weighted by molar-refractivity contribution is 6.82. The lowest BCUT2D eigenvalue weighted by Gasteiger charge is -2.44. The first-order valence-electron chi connectivity index (χ1n) is 14.9. The fourth-order valence-electron chi connectivity index (χ4n) is 6.77. The Labute approximate surface area is 246 Å². The van der Waals surface area contributed by atoms with Crippen molar-refractivity contribution in [1.29, 1.82) is 0 Å². The average Bonchev–Trinajstić information content (AvgIpc) is 3.49. The van der Waals surface area contributed by atoms with Gasteiger partial charge in [-0.15, -0.1) is 5.10 Å². The number of fused-ring (bicyclic) bond motifs is 1. The summed E-state index contributed by atoms with van der Waals surface area (Å²) in [4.78, 5) is 12.5. The van der Waals surface area contributed by atoms with Crippen LogP contribution in [0.15, 0.2) is 60.9 Å². The molecule has 0 saturated carbocycles. The van der Waals surface area contributed by atoms with Crippen LogP contribution >= 0.6 is 0 Å².